The fourth-order valence-electron chi connectivity index (χ4n) is 3.30. The highest BCUT2D eigenvalue weighted by Gasteiger charge is 2.21. The molecule has 1 fully saturated rings. The maximum absolute atomic E-state index is 12.6. The summed E-state index contributed by atoms with van der Waals surface area (Å²) in [4.78, 5) is 21.1. The third-order valence-corrected chi connectivity index (χ3v) is 5.34. The topological polar surface area (TPSA) is 48.5 Å². The largest absolute Gasteiger partial charge is 0.369 e. The molecule has 0 unspecified atom stereocenters. The van der Waals surface area contributed by atoms with Crippen LogP contribution in [0.5, 0.6) is 0 Å². The molecular weight excluding hydrogens is 332 g/mol. The normalized spacial score (nSPS) is 16.4. The molecule has 2 aromatic heterocycles. The number of rotatable bonds is 4. The summed E-state index contributed by atoms with van der Waals surface area (Å²) in [6.07, 6.45) is 5.60. The molecule has 6 heteroatoms. The number of pyridine rings is 1. The van der Waals surface area contributed by atoms with Crippen molar-refractivity contribution in [3.8, 4) is 0 Å². The summed E-state index contributed by atoms with van der Waals surface area (Å²) in [5.41, 5.74) is 3.70. The molecule has 1 N–H and O–H groups in total. The van der Waals surface area contributed by atoms with Crippen molar-refractivity contribution in [1.82, 2.24) is 15.2 Å². The van der Waals surface area contributed by atoms with Gasteiger partial charge >= 0.3 is 6.03 Å². The Morgan fingerprint density at radius 3 is 2.96 bits per heavy atom. The van der Waals surface area contributed by atoms with Crippen molar-refractivity contribution in [1.29, 1.82) is 0 Å². The zero-order valence-electron chi connectivity index (χ0n) is 14.9. The molecule has 2 aromatic rings. The zero-order valence-corrected chi connectivity index (χ0v) is 15.8. The first-order valence-corrected chi connectivity index (χ1v) is 9.80. The molecule has 134 valence electrons. The van der Waals surface area contributed by atoms with Crippen LogP contribution in [0.2, 0.25) is 0 Å². The Kier molecular flexibility index (Phi) is 5.91. The summed E-state index contributed by atoms with van der Waals surface area (Å²) in [7, 11) is 0. The van der Waals surface area contributed by atoms with E-state index < -0.39 is 0 Å². The molecule has 1 saturated heterocycles. The molecule has 1 atom stereocenters. The molecule has 0 saturated carbocycles. The Morgan fingerprint density at radius 1 is 1.32 bits per heavy atom. The molecule has 0 aromatic carbocycles. The molecule has 5 nitrogen and oxygen atoms in total. The third kappa shape index (κ3) is 4.72. The van der Waals surface area contributed by atoms with Gasteiger partial charge in [0.25, 0.3) is 0 Å². The van der Waals surface area contributed by atoms with Gasteiger partial charge in [-0.2, -0.15) is 11.3 Å². The first-order chi connectivity index (χ1) is 12.1. The monoisotopic (exact) mass is 358 g/mol. The number of nitrogens with one attached hydrogen (secondary N) is 1. The Bertz CT molecular complexity index is 688. The second-order valence-electron chi connectivity index (χ2n) is 6.68. The minimum atomic E-state index is 0.0519. The highest BCUT2D eigenvalue weighted by atomic mass is 32.1. The summed E-state index contributed by atoms with van der Waals surface area (Å²) in [5.74, 6) is 0. The van der Waals surface area contributed by atoms with Crippen LogP contribution in [0.1, 0.15) is 24.5 Å². The van der Waals surface area contributed by atoms with Gasteiger partial charge in [0.15, 0.2) is 0 Å². The highest BCUT2D eigenvalue weighted by Crippen LogP contribution is 2.20. The van der Waals surface area contributed by atoms with Crippen LogP contribution in [-0.4, -0.2) is 48.1 Å². The van der Waals surface area contributed by atoms with Gasteiger partial charge < -0.3 is 15.1 Å². The van der Waals surface area contributed by atoms with Gasteiger partial charge in [0.2, 0.25) is 0 Å². The van der Waals surface area contributed by atoms with Gasteiger partial charge in [-0.05, 0) is 60.7 Å². The van der Waals surface area contributed by atoms with E-state index in [1.807, 2.05) is 17.3 Å². The molecule has 0 bridgehead atoms. The van der Waals surface area contributed by atoms with E-state index in [0.717, 1.165) is 39.0 Å². The van der Waals surface area contributed by atoms with Crippen molar-refractivity contribution in [2.24, 2.45) is 0 Å². The molecule has 3 rings (SSSR count). The van der Waals surface area contributed by atoms with Crippen LogP contribution in [0.3, 0.4) is 0 Å². The number of carbonyl (C=O) groups is 1. The molecular formula is C19H26N4OS. The summed E-state index contributed by atoms with van der Waals surface area (Å²) in [5, 5.41) is 7.36. The van der Waals surface area contributed by atoms with Crippen LogP contribution in [0.15, 0.2) is 35.3 Å². The predicted octanol–water partition coefficient (Wildman–Crippen LogP) is 3.30. The number of urea groups is 1. The molecule has 2 amide bonds. The van der Waals surface area contributed by atoms with Crippen molar-refractivity contribution in [3.63, 3.8) is 0 Å². The lowest BCUT2D eigenvalue weighted by molar-refractivity contribution is 0.198. The lowest BCUT2D eigenvalue weighted by Gasteiger charge is -2.26. The number of amides is 2. The van der Waals surface area contributed by atoms with Crippen LogP contribution in [0, 0.1) is 6.92 Å². The number of nitrogens with zero attached hydrogens (tertiary/aromatic N) is 3. The van der Waals surface area contributed by atoms with E-state index in [1.165, 1.54) is 16.8 Å². The summed E-state index contributed by atoms with van der Waals surface area (Å²) in [6, 6.07) is 4.38. The minimum absolute atomic E-state index is 0.0519. The first kappa shape index (κ1) is 17.7. The van der Waals surface area contributed by atoms with E-state index in [0.29, 0.717) is 0 Å². The highest BCUT2D eigenvalue weighted by molar-refractivity contribution is 7.07. The van der Waals surface area contributed by atoms with Gasteiger partial charge in [-0.15, -0.1) is 0 Å². The number of carbonyl (C=O) groups excluding carboxylic acids is 1. The van der Waals surface area contributed by atoms with E-state index in [2.05, 4.69) is 51.9 Å². The van der Waals surface area contributed by atoms with Crippen molar-refractivity contribution >= 4 is 23.1 Å². The fraction of sp³-hybridized carbons (Fsp3) is 0.474. The molecule has 0 radical (unpaired) electrons. The number of aryl methyl sites for hydroxylation is 1. The first-order valence-electron chi connectivity index (χ1n) is 8.85. The molecule has 1 aliphatic rings. The van der Waals surface area contributed by atoms with Gasteiger partial charge in [-0.1, -0.05) is 0 Å². The average molecular weight is 359 g/mol. The van der Waals surface area contributed by atoms with Crippen LogP contribution in [0.25, 0.3) is 0 Å². The number of hydrogen-bond acceptors (Lipinski definition) is 4. The Morgan fingerprint density at radius 2 is 2.20 bits per heavy atom. The van der Waals surface area contributed by atoms with Crippen LogP contribution in [0.4, 0.5) is 10.5 Å². The Hall–Kier alpha value is -2.08. The van der Waals surface area contributed by atoms with Crippen molar-refractivity contribution in [2.45, 2.75) is 32.7 Å². The lowest BCUT2D eigenvalue weighted by Crippen LogP contribution is -2.46. The standard InChI is InChI=1S/C19H26N4OS/c1-15-13-20-6-4-18(15)22-7-3-8-23(10-9-22)19(24)21-16(2)12-17-5-11-25-14-17/h4-6,11,13-14,16H,3,7-10,12H2,1-2H3,(H,21,24)/t16-/m0/s1. The smallest absolute Gasteiger partial charge is 0.317 e. The summed E-state index contributed by atoms with van der Waals surface area (Å²) < 4.78 is 0. The SMILES string of the molecule is Cc1cnccc1N1CCCN(C(=O)N[C@@H](C)Cc2ccsc2)CC1. The molecule has 1 aliphatic heterocycles. The number of hydrogen-bond donors (Lipinski definition) is 1. The van der Waals surface area contributed by atoms with Crippen molar-refractivity contribution in [3.05, 3.63) is 46.4 Å². The van der Waals surface area contributed by atoms with E-state index in [1.54, 1.807) is 11.3 Å². The quantitative estimate of drug-likeness (QED) is 0.912. The lowest BCUT2D eigenvalue weighted by atomic mass is 10.1. The molecule has 25 heavy (non-hydrogen) atoms. The maximum Gasteiger partial charge on any atom is 0.317 e. The van der Waals surface area contributed by atoms with Gasteiger partial charge in [-0.25, -0.2) is 4.79 Å². The minimum Gasteiger partial charge on any atom is -0.369 e. The van der Waals surface area contributed by atoms with Gasteiger partial charge in [0.05, 0.1) is 0 Å². The molecule has 0 spiro atoms. The van der Waals surface area contributed by atoms with Crippen LogP contribution in [-0.2, 0) is 6.42 Å². The van der Waals surface area contributed by atoms with Crippen molar-refractivity contribution < 1.29 is 4.79 Å². The van der Waals surface area contributed by atoms with Crippen molar-refractivity contribution in [2.75, 3.05) is 31.1 Å². The van der Waals surface area contributed by atoms with E-state index in [-0.39, 0.29) is 12.1 Å². The second kappa shape index (κ2) is 8.34. The molecule has 0 aliphatic carbocycles. The average Bonchev–Trinajstić information content (AvgIpc) is 2.97. The van der Waals surface area contributed by atoms with E-state index in [9.17, 15) is 4.79 Å². The maximum atomic E-state index is 12.6. The summed E-state index contributed by atoms with van der Waals surface area (Å²) >= 11 is 1.70. The predicted molar refractivity (Wildman–Crippen MR) is 103 cm³/mol. The van der Waals surface area contributed by atoms with Gasteiger partial charge in [-0.3, -0.25) is 4.98 Å². The number of thiophene rings is 1. The number of anilines is 1. The number of aromatic nitrogens is 1. The zero-order chi connectivity index (χ0) is 17.6. The van der Waals surface area contributed by atoms with E-state index in [4.69, 9.17) is 0 Å². The second-order valence-corrected chi connectivity index (χ2v) is 7.46. The third-order valence-electron chi connectivity index (χ3n) is 4.61. The van der Waals surface area contributed by atoms with Crippen LogP contribution < -0.4 is 10.2 Å². The van der Waals surface area contributed by atoms with Crippen LogP contribution >= 0.6 is 11.3 Å². The molecule has 3 heterocycles. The fourth-order valence-corrected chi connectivity index (χ4v) is 3.98. The summed E-state index contributed by atoms with van der Waals surface area (Å²) in [6.45, 7) is 7.54. The van der Waals surface area contributed by atoms with E-state index >= 15 is 0 Å². The van der Waals surface area contributed by atoms with Gasteiger partial charge in [0, 0.05) is 50.3 Å². The van der Waals surface area contributed by atoms with Gasteiger partial charge in [0.1, 0.15) is 0 Å². The Balaban J connectivity index is 1.53. The Labute approximate surface area is 153 Å².